The van der Waals surface area contributed by atoms with Gasteiger partial charge in [0.15, 0.2) is 0 Å². The molecule has 0 spiro atoms. The fourth-order valence-electron chi connectivity index (χ4n) is 2.08. The van der Waals surface area contributed by atoms with Crippen LogP contribution in [0, 0.1) is 6.92 Å². The number of aliphatic hydroxyl groups is 1. The summed E-state index contributed by atoms with van der Waals surface area (Å²) in [5, 5.41) is 9.73. The number of aliphatic hydroxyl groups excluding tert-OH is 1. The van der Waals surface area contributed by atoms with Crippen molar-refractivity contribution in [2.45, 2.75) is 46.1 Å². The fraction of sp³-hybridized carbons (Fsp3) is 0.538. The molecule has 0 radical (unpaired) electrons. The van der Waals surface area contributed by atoms with E-state index in [0.717, 1.165) is 23.2 Å². The maximum Gasteiger partial charge on any atom is 0.259 e. The summed E-state index contributed by atoms with van der Waals surface area (Å²) in [4.78, 5) is 20.8. The van der Waals surface area contributed by atoms with Crippen LogP contribution in [0.3, 0.4) is 0 Å². The van der Waals surface area contributed by atoms with Crippen molar-refractivity contribution in [1.29, 1.82) is 0 Å². The minimum absolute atomic E-state index is 0.139. The molecule has 0 aliphatic heterocycles. The number of aromatic nitrogens is 2. The molecule has 0 saturated carbocycles. The fourth-order valence-corrected chi connectivity index (χ4v) is 3.32. The van der Waals surface area contributed by atoms with E-state index in [1.54, 1.807) is 11.3 Å². The molecule has 4 nitrogen and oxygen atoms in total. The highest BCUT2D eigenvalue weighted by atomic mass is 32.1. The van der Waals surface area contributed by atoms with Gasteiger partial charge in [0, 0.05) is 4.88 Å². The van der Waals surface area contributed by atoms with Crippen molar-refractivity contribution in [3.63, 3.8) is 0 Å². The maximum atomic E-state index is 11.9. The van der Waals surface area contributed by atoms with Crippen molar-refractivity contribution in [3.05, 3.63) is 26.6 Å². The summed E-state index contributed by atoms with van der Waals surface area (Å²) in [7, 11) is 0. The summed E-state index contributed by atoms with van der Waals surface area (Å²) in [6.07, 6.45) is 4.56. The van der Waals surface area contributed by atoms with Crippen molar-refractivity contribution >= 4 is 21.6 Å². The molecule has 0 bridgehead atoms. The number of unbranched alkanes of at least 4 members (excludes halogenated alkanes) is 2. The molecule has 0 aromatic carbocycles. The van der Waals surface area contributed by atoms with Crippen LogP contribution in [0.1, 0.15) is 42.5 Å². The predicted octanol–water partition coefficient (Wildman–Crippen LogP) is 2.52. The molecule has 0 aliphatic rings. The van der Waals surface area contributed by atoms with Crippen LogP contribution in [-0.4, -0.2) is 15.1 Å². The first kappa shape index (κ1) is 13.2. The summed E-state index contributed by atoms with van der Waals surface area (Å²) in [5.41, 5.74) is 0.906. The number of hydrogen-bond donors (Lipinski definition) is 2. The number of thiophene rings is 1. The Bertz CT molecular complexity index is 601. The zero-order valence-electron chi connectivity index (χ0n) is 10.7. The van der Waals surface area contributed by atoms with Crippen LogP contribution in [0.5, 0.6) is 0 Å². The molecular formula is C13H18N2O2S. The number of nitrogens with one attached hydrogen (secondary N) is 1. The van der Waals surface area contributed by atoms with Gasteiger partial charge in [-0.1, -0.05) is 19.8 Å². The van der Waals surface area contributed by atoms with Crippen molar-refractivity contribution in [3.8, 4) is 0 Å². The van der Waals surface area contributed by atoms with Gasteiger partial charge in [-0.05, 0) is 25.3 Å². The van der Waals surface area contributed by atoms with Gasteiger partial charge < -0.3 is 10.1 Å². The van der Waals surface area contributed by atoms with E-state index in [1.807, 2.05) is 6.92 Å². The average molecular weight is 266 g/mol. The first-order valence-electron chi connectivity index (χ1n) is 6.29. The molecule has 0 saturated heterocycles. The Morgan fingerprint density at radius 3 is 2.83 bits per heavy atom. The third kappa shape index (κ3) is 2.47. The lowest BCUT2D eigenvalue weighted by Crippen LogP contribution is -2.11. The van der Waals surface area contributed by atoms with Crippen LogP contribution in [0.2, 0.25) is 0 Å². The second-order valence-electron chi connectivity index (χ2n) is 4.46. The topological polar surface area (TPSA) is 66.0 Å². The van der Waals surface area contributed by atoms with E-state index >= 15 is 0 Å². The number of hydrogen-bond acceptors (Lipinski definition) is 4. The SMILES string of the molecule is CCCCCc1sc2nc(CO)[nH]c(=O)c2c1C. The number of H-pyrrole nitrogens is 1. The molecule has 2 aromatic rings. The highest BCUT2D eigenvalue weighted by Gasteiger charge is 2.13. The van der Waals surface area contributed by atoms with Gasteiger partial charge in [0.2, 0.25) is 0 Å². The lowest BCUT2D eigenvalue weighted by Gasteiger charge is -1.98. The summed E-state index contributed by atoms with van der Waals surface area (Å²) >= 11 is 1.58. The Morgan fingerprint density at radius 2 is 2.17 bits per heavy atom. The molecule has 0 unspecified atom stereocenters. The molecule has 2 aromatic heterocycles. The molecular weight excluding hydrogens is 248 g/mol. The van der Waals surface area contributed by atoms with Crippen molar-refractivity contribution in [2.24, 2.45) is 0 Å². The standard InChI is InChI=1S/C13H18N2O2S/c1-3-4-5-6-9-8(2)11-12(17)14-10(7-16)15-13(11)18-9/h16H,3-7H2,1-2H3,(H,14,15,17). The Hall–Kier alpha value is -1.20. The van der Waals surface area contributed by atoms with Crippen LogP contribution in [0.25, 0.3) is 10.2 Å². The normalized spacial score (nSPS) is 11.3. The lowest BCUT2D eigenvalue weighted by atomic mass is 10.1. The van der Waals surface area contributed by atoms with Gasteiger partial charge >= 0.3 is 0 Å². The van der Waals surface area contributed by atoms with E-state index in [-0.39, 0.29) is 12.2 Å². The maximum absolute atomic E-state index is 11.9. The third-order valence-corrected chi connectivity index (χ3v) is 4.35. The minimum atomic E-state index is -0.229. The molecule has 2 rings (SSSR count). The zero-order valence-corrected chi connectivity index (χ0v) is 11.6. The van der Waals surface area contributed by atoms with E-state index in [9.17, 15) is 4.79 Å². The highest BCUT2D eigenvalue weighted by Crippen LogP contribution is 2.28. The molecule has 2 N–H and O–H groups in total. The van der Waals surface area contributed by atoms with E-state index < -0.39 is 0 Å². The van der Waals surface area contributed by atoms with Gasteiger partial charge in [0.1, 0.15) is 17.3 Å². The summed E-state index contributed by atoms with van der Waals surface area (Å²) in [6.45, 7) is 3.93. The van der Waals surface area contributed by atoms with Crippen LogP contribution in [0.4, 0.5) is 0 Å². The average Bonchev–Trinajstić information content (AvgIpc) is 2.67. The van der Waals surface area contributed by atoms with E-state index in [2.05, 4.69) is 16.9 Å². The summed E-state index contributed by atoms with van der Waals surface area (Å²) < 4.78 is 0. The van der Waals surface area contributed by atoms with Gasteiger partial charge in [0.25, 0.3) is 5.56 Å². The molecule has 0 fully saturated rings. The molecule has 18 heavy (non-hydrogen) atoms. The first-order valence-corrected chi connectivity index (χ1v) is 7.11. The Morgan fingerprint density at radius 1 is 1.39 bits per heavy atom. The Balaban J connectivity index is 2.42. The number of fused-ring (bicyclic) bond motifs is 1. The third-order valence-electron chi connectivity index (χ3n) is 3.11. The largest absolute Gasteiger partial charge is 0.388 e. The summed E-state index contributed by atoms with van der Waals surface area (Å²) in [5.74, 6) is 0.342. The lowest BCUT2D eigenvalue weighted by molar-refractivity contribution is 0.271. The molecule has 98 valence electrons. The van der Waals surface area contributed by atoms with Gasteiger partial charge in [0.05, 0.1) is 5.39 Å². The number of aromatic amines is 1. The number of nitrogens with zero attached hydrogens (tertiary/aromatic N) is 1. The van der Waals surface area contributed by atoms with Crippen molar-refractivity contribution in [2.75, 3.05) is 0 Å². The van der Waals surface area contributed by atoms with Crippen molar-refractivity contribution in [1.82, 2.24) is 9.97 Å². The quantitative estimate of drug-likeness (QED) is 0.817. The smallest absolute Gasteiger partial charge is 0.259 e. The van der Waals surface area contributed by atoms with Crippen LogP contribution < -0.4 is 5.56 Å². The zero-order chi connectivity index (χ0) is 13.1. The molecule has 0 amide bonds. The predicted molar refractivity (Wildman–Crippen MR) is 74.1 cm³/mol. The first-order chi connectivity index (χ1) is 8.67. The van der Waals surface area contributed by atoms with Crippen LogP contribution in [0.15, 0.2) is 4.79 Å². The molecule has 2 heterocycles. The number of aryl methyl sites for hydroxylation is 2. The van der Waals surface area contributed by atoms with Crippen LogP contribution in [-0.2, 0) is 13.0 Å². The molecule has 5 heteroatoms. The second-order valence-corrected chi connectivity index (χ2v) is 5.54. The van der Waals surface area contributed by atoms with E-state index in [0.29, 0.717) is 11.2 Å². The number of rotatable bonds is 5. The highest BCUT2D eigenvalue weighted by molar-refractivity contribution is 7.18. The van der Waals surface area contributed by atoms with E-state index in [1.165, 1.54) is 17.7 Å². The monoisotopic (exact) mass is 266 g/mol. The summed E-state index contributed by atoms with van der Waals surface area (Å²) in [6, 6.07) is 0. The van der Waals surface area contributed by atoms with Gasteiger partial charge in [-0.3, -0.25) is 4.79 Å². The van der Waals surface area contributed by atoms with Crippen molar-refractivity contribution < 1.29 is 5.11 Å². The Kier molecular flexibility index (Phi) is 4.14. The van der Waals surface area contributed by atoms with Gasteiger partial charge in [-0.15, -0.1) is 11.3 Å². The second kappa shape index (κ2) is 5.63. The van der Waals surface area contributed by atoms with Gasteiger partial charge in [-0.2, -0.15) is 0 Å². The molecule has 0 atom stereocenters. The minimum Gasteiger partial charge on any atom is -0.388 e. The molecule has 0 aliphatic carbocycles. The van der Waals surface area contributed by atoms with E-state index in [4.69, 9.17) is 5.11 Å². The van der Waals surface area contributed by atoms with Gasteiger partial charge in [-0.25, -0.2) is 4.98 Å². The Labute approximate surface area is 110 Å². The van der Waals surface area contributed by atoms with Crippen LogP contribution >= 0.6 is 11.3 Å².